The maximum absolute atomic E-state index is 5.84. The van der Waals surface area contributed by atoms with Gasteiger partial charge in [-0.25, -0.2) is 4.98 Å². The average Bonchev–Trinajstić information content (AvgIpc) is 2.11. The average molecular weight is 215 g/mol. The van der Waals surface area contributed by atoms with Gasteiger partial charge in [-0.2, -0.15) is 12.6 Å². The second-order valence-corrected chi connectivity index (χ2v) is 3.37. The molecule has 0 unspecified atom stereocenters. The highest BCUT2D eigenvalue weighted by Gasteiger charge is 1.97. The lowest BCUT2D eigenvalue weighted by molar-refractivity contribution is 1.26. The van der Waals surface area contributed by atoms with E-state index in [1.165, 1.54) is 6.20 Å². The van der Waals surface area contributed by atoms with Gasteiger partial charge in [0, 0.05) is 5.56 Å². The van der Waals surface area contributed by atoms with E-state index < -0.39 is 0 Å². The first-order valence-corrected chi connectivity index (χ1v) is 4.93. The van der Waals surface area contributed by atoms with Crippen LogP contribution >= 0.6 is 24.2 Å². The Kier molecular flexibility index (Phi) is 4.12. The number of anilines is 1. The van der Waals surface area contributed by atoms with E-state index in [9.17, 15) is 0 Å². The van der Waals surface area contributed by atoms with Gasteiger partial charge in [0.15, 0.2) is 0 Å². The molecular weight excluding hydrogens is 204 g/mol. The monoisotopic (exact) mass is 214 g/mol. The molecule has 2 N–H and O–H groups in total. The Hall–Kier alpha value is -0.670. The summed E-state index contributed by atoms with van der Waals surface area (Å²) in [6.07, 6.45) is 6.35. The Morgan fingerprint density at radius 1 is 1.62 bits per heavy atom. The van der Waals surface area contributed by atoms with Gasteiger partial charge in [0.05, 0.1) is 11.9 Å². The van der Waals surface area contributed by atoms with Crippen LogP contribution in [0.15, 0.2) is 18.3 Å². The number of nitrogen functional groups attached to an aromatic ring is 1. The van der Waals surface area contributed by atoms with Crippen LogP contribution in [0.25, 0.3) is 6.08 Å². The number of rotatable bonds is 3. The molecule has 13 heavy (non-hydrogen) atoms. The van der Waals surface area contributed by atoms with Crippen molar-refractivity contribution in [1.29, 1.82) is 0 Å². The predicted molar refractivity (Wildman–Crippen MR) is 61.2 cm³/mol. The van der Waals surface area contributed by atoms with Gasteiger partial charge in [-0.15, -0.1) is 0 Å². The van der Waals surface area contributed by atoms with Crippen molar-refractivity contribution in [3.63, 3.8) is 0 Å². The van der Waals surface area contributed by atoms with Crippen LogP contribution in [0.2, 0.25) is 5.15 Å². The minimum atomic E-state index is 0.476. The molecule has 1 aromatic heterocycles. The summed E-state index contributed by atoms with van der Waals surface area (Å²) in [4.78, 5) is 3.93. The van der Waals surface area contributed by atoms with Crippen LogP contribution in [0.5, 0.6) is 0 Å². The number of halogens is 1. The van der Waals surface area contributed by atoms with Crippen LogP contribution in [0.1, 0.15) is 12.0 Å². The van der Waals surface area contributed by atoms with Crippen LogP contribution in [-0.4, -0.2) is 10.7 Å². The molecule has 1 heterocycles. The van der Waals surface area contributed by atoms with Crippen LogP contribution in [0, 0.1) is 0 Å². The third kappa shape index (κ3) is 3.28. The number of nitrogens with zero attached hydrogens (tertiary/aromatic N) is 1. The second kappa shape index (κ2) is 5.14. The fraction of sp³-hybridized carbons (Fsp3) is 0.222. The molecule has 0 aromatic carbocycles. The third-order valence-electron chi connectivity index (χ3n) is 1.48. The van der Waals surface area contributed by atoms with E-state index in [1.54, 1.807) is 6.07 Å². The molecule has 0 saturated carbocycles. The quantitative estimate of drug-likeness (QED) is 0.600. The molecule has 1 rings (SSSR count). The van der Waals surface area contributed by atoms with Crippen molar-refractivity contribution in [3.8, 4) is 0 Å². The molecule has 4 heteroatoms. The van der Waals surface area contributed by atoms with Crippen LogP contribution in [0.3, 0.4) is 0 Å². The molecule has 1 aromatic rings. The van der Waals surface area contributed by atoms with E-state index in [0.717, 1.165) is 17.7 Å². The van der Waals surface area contributed by atoms with E-state index in [2.05, 4.69) is 17.6 Å². The summed E-state index contributed by atoms with van der Waals surface area (Å²) < 4.78 is 0. The molecule has 0 saturated heterocycles. The molecule has 0 radical (unpaired) electrons. The molecule has 0 amide bonds. The first-order valence-electron chi connectivity index (χ1n) is 3.92. The van der Waals surface area contributed by atoms with Crippen molar-refractivity contribution in [3.05, 3.63) is 29.1 Å². The van der Waals surface area contributed by atoms with Crippen molar-refractivity contribution in [2.45, 2.75) is 6.42 Å². The van der Waals surface area contributed by atoms with Gasteiger partial charge in [0.1, 0.15) is 5.15 Å². The largest absolute Gasteiger partial charge is 0.397 e. The van der Waals surface area contributed by atoms with Gasteiger partial charge in [-0.3, -0.25) is 0 Å². The maximum Gasteiger partial charge on any atom is 0.136 e. The van der Waals surface area contributed by atoms with Gasteiger partial charge < -0.3 is 5.73 Å². The Labute approximate surface area is 88.2 Å². The zero-order chi connectivity index (χ0) is 9.68. The minimum absolute atomic E-state index is 0.476. The molecular formula is C9H11ClN2S. The lowest BCUT2D eigenvalue weighted by Crippen LogP contribution is -1.88. The highest BCUT2D eigenvalue weighted by molar-refractivity contribution is 7.80. The number of thiol groups is 1. The van der Waals surface area contributed by atoms with Crippen molar-refractivity contribution in [2.75, 3.05) is 11.5 Å². The third-order valence-corrected chi connectivity index (χ3v) is 2.05. The highest BCUT2D eigenvalue weighted by atomic mass is 35.5. The number of allylic oxidation sites excluding steroid dienone is 1. The standard InChI is InChI=1S/C9H11ClN2S/c10-9-7(3-1-2-4-13)5-8(11)6-12-9/h1,3,5-6,13H,2,4,11H2. The first-order chi connectivity index (χ1) is 6.24. The molecule has 0 aliphatic carbocycles. The first kappa shape index (κ1) is 10.4. The summed E-state index contributed by atoms with van der Waals surface area (Å²) in [6, 6.07) is 1.80. The van der Waals surface area contributed by atoms with E-state index in [1.807, 2.05) is 12.2 Å². The Morgan fingerprint density at radius 2 is 2.38 bits per heavy atom. The molecule has 0 aliphatic rings. The lowest BCUT2D eigenvalue weighted by Gasteiger charge is -1.98. The van der Waals surface area contributed by atoms with Gasteiger partial charge in [0.25, 0.3) is 0 Å². The maximum atomic E-state index is 5.84. The summed E-state index contributed by atoms with van der Waals surface area (Å²) in [5, 5.41) is 0.476. The smallest absolute Gasteiger partial charge is 0.136 e. The normalized spacial score (nSPS) is 10.9. The zero-order valence-corrected chi connectivity index (χ0v) is 8.72. The Morgan fingerprint density at radius 3 is 3.08 bits per heavy atom. The summed E-state index contributed by atoms with van der Waals surface area (Å²) in [5.41, 5.74) is 7.03. The molecule has 2 nitrogen and oxygen atoms in total. The van der Waals surface area contributed by atoms with Crippen molar-refractivity contribution in [2.24, 2.45) is 0 Å². The summed E-state index contributed by atoms with van der Waals surface area (Å²) in [5.74, 6) is 0.823. The molecule has 0 bridgehead atoms. The second-order valence-electron chi connectivity index (χ2n) is 2.56. The van der Waals surface area contributed by atoms with E-state index in [-0.39, 0.29) is 0 Å². The fourth-order valence-corrected chi connectivity index (χ4v) is 1.20. The molecule has 70 valence electrons. The summed E-state index contributed by atoms with van der Waals surface area (Å²) in [7, 11) is 0. The number of hydrogen-bond donors (Lipinski definition) is 2. The zero-order valence-electron chi connectivity index (χ0n) is 7.07. The fourth-order valence-electron chi connectivity index (χ4n) is 0.884. The summed E-state index contributed by atoms with van der Waals surface area (Å²) in [6.45, 7) is 0. The topological polar surface area (TPSA) is 38.9 Å². The molecule has 0 atom stereocenters. The van der Waals surface area contributed by atoms with Gasteiger partial charge in [-0.05, 0) is 18.2 Å². The van der Waals surface area contributed by atoms with Crippen LogP contribution in [0.4, 0.5) is 5.69 Å². The molecule has 0 fully saturated rings. The highest BCUT2D eigenvalue weighted by Crippen LogP contribution is 2.17. The minimum Gasteiger partial charge on any atom is -0.397 e. The van der Waals surface area contributed by atoms with Crippen LogP contribution in [-0.2, 0) is 0 Å². The number of hydrogen-bond acceptors (Lipinski definition) is 3. The van der Waals surface area contributed by atoms with E-state index in [0.29, 0.717) is 10.8 Å². The Balaban J connectivity index is 2.81. The van der Waals surface area contributed by atoms with Crippen molar-refractivity contribution < 1.29 is 0 Å². The van der Waals surface area contributed by atoms with E-state index in [4.69, 9.17) is 17.3 Å². The number of aromatic nitrogens is 1. The van der Waals surface area contributed by atoms with Crippen molar-refractivity contribution in [1.82, 2.24) is 4.98 Å². The SMILES string of the molecule is Nc1cnc(Cl)c(C=CCCS)c1. The van der Waals surface area contributed by atoms with Gasteiger partial charge in [-0.1, -0.05) is 23.8 Å². The predicted octanol–water partition coefficient (Wildman–Crippen LogP) is 2.65. The molecule has 0 spiro atoms. The Bertz CT molecular complexity index is 312. The van der Waals surface area contributed by atoms with Crippen molar-refractivity contribution >= 4 is 36.0 Å². The van der Waals surface area contributed by atoms with E-state index >= 15 is 0 Å². The van der Waals surface area contributed by atoms with Gasteiger partial charge >= 0.3 is 0 Å². The number of pyridine rings is 1. The molecule has 0 aliphatic heterocycles. The van der Waals surface area contributed by atoms with Crippen LogP contribution < -0.4 is 5.73 Å². The lowest BCUT2D eigenvalue weighted by atomic mass is 10.2. The number of nitrogens with two attached hydrogens (primary N) is 1. The summed E-state index contributed by atoms with van der Waals surface area (Å²) >= 11 is 9.93. The van der Waals surface area contributed by atoms with Gasteiger partial charge in [0.2, 0.25) is 0 Å².